The van der Waals surface area contributed by atoms with Gasteiger partial charge in [-0.25, -0.2) is 10.8 Å². The fourth-order valence-electron chi connectivity index (χ4n) is 2.04. The van der Waals surface area contributed by atoms with E-state index in [1.807, 2.05) is 0 Å². The minimum atomic E-state index is -4.07. The van der Waals surface area contributed by atoms with Gasteiger partial charge in [0.05, 0.1) is 6.33 Å². The predicted octanol–water partition coefficient (Wildman–Crippen LogP) is -1.52. The van der Waals surface area contributed by atoms with Crippen molar-refractivity contribution in [1.82, 2.24) is 9.97 Å². The van der Waals surface area contributed by atoms with E-state index in [1.165, 1.54) is 16.2 Å². The van der Waals surface area contributed by atoms with E-state index >= 15 is 0 Å². The Morgan fingerprint density at radius 1 is 1.55 bits per heavy atom. The van der Waals surface area contributed by atoms with Crippen molar-refractivity contribution in [3.05, 3.63) is 16.7 Å². The Morgan fingerprint density at radius 2 is 2.27 bits per heavy atom. The molecule has 0 saturated carbocycles. The number of nitrogens with zero attached hydrogens (tertiary/aromatic N) is 3. The molecular weight excluding hydrogens is 317 g/mol. The number of anilines is 2. The molecule has 1 aliphatic rings. The molecule has 0 saturated heterocycles. The van der Waals surface area contributed by atoms with Gasteiger partial charge >= 0.3 is 7.60 Å². The molecule has 0 amide bonds. The molecule has 1 aliphatic heterocycles. The Hall–Kier alpha value is -1.49. The molecule has 1 aromatic rings. The van der Waals surface area contributed by atoms with Crippen LogP contribution in [0.15, 0.2) is 11.1 Å². The lowest BCUT2D eigenvalue weighted by atomic mass is 10.3. The van der Waals surface area contributed by atoms with E-state index in [2.05, 4.69) is 9.97 Å². The largest absolute Gasteiger partial charge is 0.368 e. The molecule has 1 atom stereocenters. The van der Waals surface area contributed by atoms with Crippen molar-refractivity contribution in [3.8, 4) is 0 Å². The number of aliphatic hydroxyl groups excluding tert-OH is 1. The molecule has 0 fully saturated rings. The standard InChI is InChI=1S/C10H18N5O6P/c11-15-5-14(8-9(15)12-4-13-10(8)17)6-21-7(16)2-1-3-22(18,19)20/h4,7,16H,1-3,5-6,11H2,(H,12,13,17)(H2,18,19,20)/t7-/m0/s1. The molecule has 22 heavy (non-hydrogen) atoms. The summed E-state index contributed by atoms with van der Waals surface area (Å²) in [5.41, 5.74) is -0.134. The minimum absolute atomic E-state index is 0.0710. The van der Waals surface area contributed by atoms with Gasteiger partial charge in [0.25, 0.3) is 5.56 Å². The predicted molar refractivity (Wildman–Crippen MR) is 77.0 cm³/mol. The third kappa shape index (κ3) is 4.26. The van der Waals surface area contributed by atoms with Gasteiger partial charge in [-0.3, -0.25) is 14.4 Å². The second-order valence-electron chi connectivity index (χ2n) is 4.84. The van der Waals surface area contributed by atoms with Crippen molar-refractivity contribution in [2.24, 2.45) is 5.84 Å². The lowest BCUT2D eigenvalue weighted by Crippen LogP contribution is -2.38. The minimum Gasteiger partial charge on any atom is -0.368 e. The number of nitrogens with one attached hydrogen (secondary N) is 1. The fraction of sp³-hybridized carbons (Fsp3) is 0.600. The second-order valence-corrected chi connectivity index (χ2v) is 6.61. The first-order valence-electron chi connectivity index (χ1n) is 6.47. The van der Waals surface area contributed by atoms with Crippen molar-refractivity contribution in [2.75, 3.05) is 29.5 Å². The van der Waals surface area contributed by atoms with Crippen molar-refractivity contribution in [1.29, 1.82) is 0 Å². The van der Waals surface area contributed by atoms with Gasteiger partial charge in [0, 0.05) is 6.16 Å². The molecule has 2 heterocycles. The molecule has 2 rings (SSSR count). The Morgan fingerprint density at radius 3 is 2.95 bits per heavy atom. The third-order valence-electron chi connectivity index (χ3n) is 3.04. The van der Waals surface area contributed by atoms with Crippen LogP contribution in [0.1, 0.15) is 12.8 Å². The smallest absolute Gasteiger partial charge is 0.325 e. The Bertz CT molecular complexity index is 618. The van der Waals surface area contributed by atoms with Crippen LogP contribution in [0.5, 0.6) is 0 Å². The van der Waals surface area contributed by atoms with E-state index in [-0.39, 0.29) is 43.6 Å². The SMILES string of the molecule is NN1CN(CO[C@H](O)CCCP(=O)(O)O)c2c1nc[nH]c2=O. The summed E-state index contributed by atoms with van der Waals surface area (Å²) in [7, 11) is -4.07. The van der Waals surface area contributed by atoms with Crippen LogP contribution in [0, 0.1) is 0 Å². The van der Waals surface area contributed by atoms with E-state index in [0.717, 1.165) is 0 Å². The molecule has 0 spiro atoms. The molecule has 0 aliphatic carbocycles. The molecule has 0 aromatic carbocycles. The maximum Gasteiger partial charge on any atom is 0.325 e. The summed E-state index contributed by atoms with van der Waals surface area (Å²) in [6, 6.07) is 0. The molecule has 11 nitrogen and oxygen atoms in total. The first kappa shape index (κ1) is 16.9. The Labute approximate surface area is 125 Å². The number of aliphatic hydroxyl groups is 1. The zero-order chi connectivity index (χ0) is 16.3. The topological polar surface area (TPSA) is 165 Å². The number of aromatic nitrogens is 2. The van der Waals surface area contributed by atoms with E-state index < -0.39 is 13.9 Å². The summed E-state index contributed by atoms with van der Waals surface area (Å²) < 4.78 is 15.9. The monoisotopic (exact) mass is 335 g/mol. The number of fused-ring (bicyclic) bond motifs is 1. The normalized spacial score (nSPS) is 16.0. The zero-order valence-corrected chi connectivity index (χ0v) is 12.5. The molecular formula is C10H18N5O6P. The fourth-order valence-corrected chi connectivity index (χ4v) is 2.63. The quantitative estimate of drug-likeness (QED) is 0.224. The number of H-pyrrole nitrogens is 1. The Balaban J connectivity index is 1.86. The van der Waals surface area contributed by atoms with Crippen LogP contribution in [-0.2, 0) is 9.30 Å². The Kier molecular flexibility index (Phi) is 5.16. The molecule has 0 unspecified atom stereocenters. The molecule has 124 valence electrons. The highest BCUT2D eigenvalue weighted by Gasteiger charge is 2.28. The van der Waals surface area contributed by atoms with Gasteiger partial charge in [0.15, 0.2) is 17.8 Å². The van der Waals surface area contributed by atoms with Gasteiger partial charge in [-0.2, -0.15) is 0 Å². The van der Waals surface area contributed by atoms with Crippen LogP contribution in [0.4, 0.5) is 11.5 Å². The molecule has 0 radical (unpaired) electrons. The molecule has 0 bridgehead atoms. The number of ether oxygens (including phenoxy) is 1. The summed E-state index contributed by atoms with van der Waals surface area (Å²) >= 11 is 0. The number of hydrogen-bond donors (Lipinski definition) is 5. The summed E-state index contributed by atoms with van der Waals surface area (Å²) in [5.74, 6) is 6.02. The maximum atomic E-state index is 11.8. The number of aromatic amines is 1. The summed E-state index contributed by atoms with van der Waals surface area (Å²) in [4.78, 5) is 37.1. The molecule has 12 heteroatoms. The van der Waals surface area contributed by atoms with E-state index in [4.69, 9.17) is 20.4 Å². The van der Waals surface area contributed by atoms with E-state index in [1.54, 1.807) is 0 Å². The van der Waals surface area contributed by atoms with Crippen LogP contribution in [-0.4, -0.2) is 50.7 Å². The maximum absolute atomic E-state index is 11.8. The number of hydrazine groups is 1. The van der Waals surface area contributed by atoms with Crippen LogP contribution in [0.25, 0.3) is 0 Å². The van der Waals surface area contributed by atoms with Gasteiger partial charge in [0.1, 0.15) is 13.4 Å². The highest BCUT2D eigenvalue weighted by Crippen LogP contribution is 2.35. The van der Waals surface area contributed by atoms with Crippen molar-refractivity contribution in [3.63, 3.8) is 0 Å². The highest BCUT2D eigenvalue weighted by atomic mass is 31.2. The van der Waals surface area contributed by atoms with Crippen molar-refractivity contribution >= 4 is 19.1 Å². The molecule has 6 N–H and O–H groups in total. The number of hydrogen-bond acceptors (Lipinski definition) is 8. The van der Waals surface area contributed by atoms with Gasteiger partial charge in [0.2, 0.25) is 0 Å². The van der Waals surface area contributed by atoms with Gasteiger partial charge in [-0.05, 0) is 12.8 Å². The average Bonchev–Trinajstić information content (AvgIpc) is 2.73. The first-order valence-corrected chi connectivity index (χ1v) is 8.27. The highest BCUT2D eigenvalue weighted by molar-refractivity contribution is 7.51. The summed E-state index contributed by atoms with van der Waals surface area (Å²) in [5, 5.41) is 10.9. The zero-order valence-electron chi connectivity index (χ0n) is 11.6. The number of rotatable bonds is 7. The van der Waals surface area contributed by atoms with Gasteiger partial charge in [-0.1, -0.05) is 0 Å². The van der Waals surface area contributed by atoms with Crippen molar-refractivity contribution in [2.45, 2.75) is 19.1 Å². The van der Waals surface area contributed by atoms with Crippen LogP contribution in [0.3, 0.4) is 0 Å². The summed E-state index contributed by atoms with van der Waals surface area (Å²) in [6.07, 6.45) is -0.0884. The number of nitrogens with two attached hydrogens (primary N) is 1. The van der Waals surface area contributed by atoms with E-state index in [0.29, 0.717) is 5.82 Å². The van der Waals surface area contributed by atoms with Crippen molar-refractivity contribution < 1.29 is 24.2 Å². The second kappa shape index (κ2) is 6.73. The first-order chi connectivity index (χ1) is 10.3. The average molecular weight is 335 g/mol. The summed E-state index contributed by atoms with van der Waals surface area (Å²) in [6.45, 7) is 0.0666. The van der Waals surface area contributed by atoms with Gasteiger partial charge < -0.3 is 29.5 Å². The third-order valence-corrected chi connectivity index (χ3v) is 3.94. The van der Waals surface area contributed by atoms with Crippen LogP contribution < -0.4 is 21.3 Å². The van der Waals surface area contributed by atoms with Crippen LogP contribution in [0.2, 0.25) is 0 Å². The lowest BCUT2D eigenvalue weighted by molar-refractivity contribution is -0.102. The van der Waals surface area contributed by atoms with E-state index in [9.17, 15) is 14.5 Å². The van der Waals surface area contributed by atoms with Gasteiger partial charge in [-0.15, -0.1) is 0 Å². The van der Waals surface area contributed by atoms with Crippen LogP contribution >= 0.6 is 7.60 Å². The lowest BCUT2D eigenvalue weighted by Gasteiger charge is -2.20. The molecule has 1 aromatic heterocycles.